The second kappa shape index (κ2) is 5.81. The van der Waals surface area contributed by atoms with Crippen LogP contribution in [0.3, 0.4) is 0 Å². The van der Waals surface area contributed by atoms with E-state index in [2.05, 4.69) is 19.2 Å². The predicted molar refractivity (Wildman–Crippen MR) is 54.5 cm³/mol. The van der Waals surface area contributed by atoms with Crippen LogP contribution in [0.2, 0.25) is 0 Å². The zero-order valence-electron chi connectivity index (χ0n) is 8.55. The zero-order chi connectivity index (χ0) is 9.52. The van der Waals surface area contributed by atoms with Gasteiger partial charge in [-0.05, 0) is 19.4 Å². The van der Waals surface area contributed by atoms with Crippen LogP contribution in [-0.2, 0) is 6.54 Å². The lowest BCUT2D eigenvalue weighted by Gasteiger charge is -2.11. The lowest BCUT2D eigenvalue weighted by molar-refractivity contribution is 0.491. The standard InChI is InChI=1S/C11H19NO/c1-3-4-5-10(2)12-8-11-6-7-13-9-11/h6-7,9-10,12H,3-5,8H2,1-2H3. The minimum absolute atomic E-state index is 0.606. The van der Waals surface area contributed by atoms with Gasteiger partial charge in [0.05, 0.1) is 12.5 Å². The molecule has 1 atom stereocenters. The van der Waals surface area contributed by atoms with E-state index >= 15 is 0 Å². The first-order valence-corrected chi connectivity index (χ1v) is 5.07. The van der Waals surface area contributed by atoms with Crippen LogP contribution in [0.15, 0.2) is 23.0 Å². The fourth-order valence-electron chi connectivity index (χ4n) is 1.30. The van der Waals surface area contributed by atoms with Crippen molar-refractivity contribution in [1.82, 2.24) is 5.32 Å². The van der Waals surface area contributed by atoms with Gasteiger partial charge in [0.15, 0.2) is 0 Å². The second-order valence-electron chi connectivity index (χ2n) is 3.56. The third-order valence-corrected chi connectivity index (χ3v) is 2.23. The molecule has 1 N–H and O–H groups in total. The molecule has 0 spiro atoms. The summed E-state index contributed by atoms with van der Waals surface area (Å²) in [6.45, 7) is 5.37. The number of furan rings is 1. The molecule has 0 radical (unpaired) electrons. The van der Waals surface area contributed by atoms with Gasteiger partial charge in [-0.15, -0.1) is 0 Å². The molecule has 0 aliphatic heterocycles. The Bertz CT molecular complexity index is 206. The van der Waals surface area contributed by atoms with Gasteiger partial charge in [-0.2, -0.15) is 0 Å². The Balaban J connectivity index is 2.11. The summed E-state index contributed by atoms with van der Waals surface area (Å²) in [6.07, 6.45) is 7.35. The lowest BCUT2D eigenvalue weighted by Crippen LogP contribution is -2.24. The molecule has 2 heteroatoms. The maximum Gasteiger partial charge on any atom is 0.0947 e. The molecule has 1 aromatic heterocycles. The third kappa shape index (κ3) is 4.13. The molecule has 1 aromatic rings. The minimum atomic E-state index is 0.606. The molecule has 0 aliphatic rings. The van der Waals surface area contributed by atoms with Crippen molar-refractivity contribution in [2.24, 2.45) is 0 Å². The molecular formula is C11H19NO. The first kappa shape index (κ1) is 10.3. The fourth-order valence-corrected chi connectivity index (χ4v) is 1.30. The molecule has 0 amide bonds. The van der Waals surface area contributed by atoms with Crippen molar-refractivity contribution in [1.29, 1.82) is 0 Å². The highest BCUT2D eigenvalue weighted by molar-refractivity contribution is 5.04. The monoisotopic (exact) mass is 181 g/mol. The highest BCUT2D eigenvalue weighted by Gasteiger charge is 2.00. The van der Waals surface area contributed by atoms with Gasteiger partial charge in [-0.3, -0.25) is 0 Å². The molecule has 0 aliphatic carbocycles. The molecule has 1 unspecified atom stereocenters. The van der Waals surface area contributed by atoms with E-state index in [-0.39, 0.29) is 0 Å². The number of hydrogen-bond donors (Lipinski definition) is 1. The minimum Gasteiger partial charge on any atom is -0.472 e. The molecule has 0 fully saturated rings. The first-order chi connectivity index (χ1) is 6.33. The van der Waals surface area contributed by atoms with Crippen molar-refractivity contribution in [3.63, 3.8) is 0 Å². The Labute approximate surface area is 80.3 Å². The summed E-state index contributed by atoms with van der Waals surface area (Å²) >= 11 is 0. The summed E-state index contributed by atoms with van der Waals surface area (Å²) in [5.74, 6) is 0. The summed E-state index contributed by atoms with van der Waals surface area (Å²) in [5.41, 5.74) is 1.23. The molecule has 0 aromatic carbocycles. The van der Waals surface area contributed by atoms with Crippen LogP contribution in [0.25, 0.3) is 0 Å². The average Bonchev–Trinajstić information content (AvgIpc) is 2.64. The lowest BCUT2D eigenvalue weighted by atomic mass is 10.1. The van der Waals surface area contributed by atoms with Crippen LogP contribution in [0.4, 0.5) is 0 Å². The number of unbranched alkanes of at least 4 members (excludes halogenated alkanes) is 1. The maximum atomic E-state index is 4.99. The Hall–Kier alpha value is -0.760. The van der Waals surface area contributed by atoms with Crippen molar-refractivity contribution < 1.29 is 4.42 Å². The van der Waals surface area contributed by atoms with E-state index in [0.717, 1.165) is 6.54 Å². The van der Waals surface area contributed by atoms with Gasteiger partial charge >= 0.3 is 0 Å². The third-order valence-electron chi connectivity index (χ3n) is 2.23. The second-order valence-corrected chi connectivity index (χ2v) is 3.56. The van der Waals surface area contributed by atoms with Gasteiger partial charge in [-0.25, -0.2) is 0 Å². The summed E-state index contributed by atoms with van der Waals surface area (Å²) in [5, 5.41) is 3.46. The maximum absolute atomic E-state index is 4.99. The van der Waals surface area contributed by atoms with Gasteiger partial charge < -0.3 is 9.73 Å². The number of rotatable bonds is 6. The summed E-state index contributed by atoms with van der Waals surface area (Å²) < 4.78 is 4.99. The van der Waals surface area contributed by atoms with E-state index in [0.29, 0.717) is 6.04 Å². The van der Waals surface area contributed by atoms with Crippen LogP contribution < -0.4 is 5.32 Å². The van der Waals surface area contributed by atoms with E-state index in [4.69, 9.17) is 4.42 Å². The van der Waals surface area contributed by atoms with Crippen LogP contribution in [0.5, 0.6) is 0 Å². The zero-order valence-corrected chi connectivity index (χ0v) is 8.55. The van der Waals surface area contributed by atoms with E-state index < -0.39 is 0 Å². The normalized spacial score (nSPS) is 13.1. The largest absolute Gasteiger partial charge is 0.472 e. The number of hydrogen-bond acceptors (Lipinski definition) is 2. The van der Waals surface area contributed by atoms with Crippen molar-refractivity contribution in [2.45, 2.75) is 45.7 Å². The SMILES string of the molecule is CCCCC(C)NCc1ccoc1. The van der Waals surface area contributed by atoms with Gasteiger partial charge in [0.25, 0.3) is 0 Å². The average molecular weight is 181 g/mol. The van der Waals surface area contributed by atoms with Crippen LogP contribution >= 0.6 is 0 Å². The van der Waals surface area contributed by atoms with Gasteiger partial charge in [-0.1, -0.05) is 19.8 Å². The fraction of sp³-hybridized carbons (Fsp3) is 0.636. The van der Waals surface area contributed by atoms with E-state index in [1.54, 1.807) is 12.5 Å². The molecule has 2 nitrogen and oxygen atoms in total. The van der Waals surface area contributed by atoms with Crippen molar-refractivity contribution in [3.8, 4) is 0 Å². The number of nitrogens with one attached hydrogen (secondary N) is 1. The van der Waals surface area contributed by atoms with E-state index in [9.17, 15) is 0 Å². The molecule has 0 saturated heterocycles. The molecule has 74 valence electrons. The topological polar surface area (TPSA) is 25.2 Å². The molecule has 1 heterocycles. The van der Waals surface area contributed by atoms with Gasteiger partial charge in [0.2, 0.25) is 0 Å². The molecule has 0 bridgehead atoms. The van der Waals surface area contributed by atoms with E-state index in [1.807, 2.05) is 6.07 Å². The van der Waals surface area contributed by atoms with Crippen molar-refractivity contribution in [3.05, 3.63) is 24.2 Å². The summed E-state index contributed by atoms with van der Waals surface area (Å²) in [7, 11) is 0. The van der Waals surface area contributed by atoms with Crippen LogP contribution in [0.1, 0.15) is 38.7 Å². The quantitative estimate of drug-likeness (QED) is 0.730. The highest BCUT2D eigenvalue weighted by atomic mass is 16.3. The Morgan fingerprint density at radius 1 is 1.54 bits per heavy atom. The van der Waals surface area contributed by atoms with Crippen LogP contribution in [-0.4, -0.2) is 6.04 Å². The van der Waals surface area contributed by atoms with Crippen molar-refractivity contribution in [2.75, 3.05) is 0 Å². The summed E-state index contributed by atoms with van der Waals surface area (Å²) in [6, 6.07) is 2.61. The Morgan fingerprint density at radius 2 is 2.38 bits per heavy atom. The molecule has 1 rings (SSSR count). The Morgan fingerprint density at radius 3 is 3.00 bits per heavy atom. The molecular weight excluding hydrogens is 162 g/mol. The summed E-state index contributed by atoms with van der Waals surface area (Å²) in [4.78, 5) is 0. The van der Waals surface area contributed by atoms with Crippen LogP contribution in [0, 0.1) is 0 Å². The van der Waals surface area contributed by atoms with Crippen molar-refractivity contribution >= 4 is 0 Å². The molecule has 13 heavy (non-hydrogen) atoms. The van der Waals surface area contributed by atoms with E-state index in [1.165, 1.54) is 24.8 Å². The predicted octanol–water partition coefficient (Wildman–Crippen LogP) is 2.95. The Kier molecular flexibility index (Phi) is 4.61. The first-order valence-electron chi connectivity index (χ1n) is 5.07. The highest BCUT2D eigenvalue weighted by Crippen LogP contribution is 2.03. The van der Waals surface area contributed by atoms with Gasteiger partial charge in [0, 0.05) is 18.2 Å². The van der Waals surface area contributed by atoms with Gasteiger partial charge in [0.1, 0.15) is 0 Å². The molecule has 0 saturated carbocycles. The smallest absolute Gasteiger partial charge is 0.0947 e.